The lowest BCUT2D eigenvalue weighted by Crippen LogP contribution is -2.20. The second-order valence-corrected chi connectivity index (χ2v) is 4.74. The molecule has 23 heavy (non-hydrogen) atoms. The summed E-state index contributed by atoms with van der Waals surface area (Å²) in [6.07, 6.45) is 11.2. The number of aliphatic imine (C=N–C) groups is 2. The van der Waals surface area contributed by atoms with Gasteiger partial charge in [-0.25, -0.2) is 4.99 Å². The van der Waals surface area contributed by atoms with Crippen LogP contribution in [0, 0.1) is 10.8 Å². The molecule has 0 unspecified atom stereocenters. The third-order valence-electron chi connectivity index (χ3n) is 3.27. The van der Waals surface area contributed by atoms with E-state index < -0.39 is 0 Å². The molecule has 0 heterocycles. The molecule has 0 aliphatic heterocycles. The summed E-state index contributed by atoms with van der Waals surface area (Å²) in [6, 6.07) is 0. The zero-order valence-corrected chi connectivity index (χ0v) is 13.7. The molecule has 120 valence electrons. The third-order valence-corrected chi connectivity index (χ3v) is 3.27. The Morgan fingerprint density at radius 3 is 2.43 bits per heavy atom. The normalized spacial score (nSPS) is 15.4. The average molecular weight is 309 g/mol. The van der Waals surface area contributed by atoms with Crippen molar-refractivity contribution in [3.8, 4) is 0 Å². The highest BCUT2D eigenvalue weighted by molar-refractivity contribution is 6.17. The van der Waals surface area contributed by atoms with Crippen molar-refractivity contribution in [2.24, 2.45) is 9.98 Å². The van der Waals surface area contributed by atoms with Crippen molar-refractivity contribution < 1.29 is 0 Å². The molecule has 1 aliphatic rings. The summed E-state index contributed by atoms with van der Waals surface area (Å²) in [7, 11) is 0. The third kappa shape index (κ3) is 5.47. The minimum atomic E-state index is 0.379. The first-order valence-electron chi connectivity index (χ1n) is 7.42. The van der Waals surface area contributed by atoms with Crippen LogP contribution in [-0.2, 0) is 0 Å². The lowest BCUT2D eigenvalue weighted by atomic mass is 9.99. The van der Waals surface area contributed by atoms with E-state index in [0.29, 0.717) is 22.8 Å². The minimum Gasteiger partial charge on any atom is -0.358 e. The zero-order chi connectivity index (χ0) is 17.2. The van der Waals surface area contributed by atoms with Crippen LogP contribution in [0.5, 0.6) is 0 Å². The Hall–Kier alpha value is -2.82. The molecule has 0 radical (unpaired) electrons. The first-order chi connectivity index (χ1) is 11.0. The Balaban J connectivity index is 2.84. The predicted octanol–water partition coefficient (Wildman–Crippen LogP) is 3.55. The van der Waals surface area contributed by atoms with E-state index in [-0.39, 0.29) is 0 Å². The number of allylic oxidation sites excluding steroid dienone is 5. The van der Waals surface area contributed by atoms with Gasteiger partial charge in [0, 0.05) is 37.3 Å². The van der Waals surface area contributed by atoms with Crippen molar-refractivity contribution in [3.63, 3.8) is 0 Å². The van der Waals surface area contributed by atoms with Gasteiger partial charge >= 0.3 is 0 Å². The summed E-state index contributed by atoms with van der Waals surface area (Å²) in [6.45, 7) is 13.5. The smallest absolute Gasteiger partial charge is 0.121 e. The average Bonchev–Trinajstić information content (AvgIpc) is 2.54. The van der Waals surface area contributed by atoms with Crippen molar-refractivity contribution in [3.05, 3.63) is 60.1 Å². The van der Waals surface area contributed by atoms with Crippen molar-refractivity contribution in [2.75, 3.05) is 13.1 Å². The van der Waals surface area contributed by atoms with E-state index >= 15 is 0 Å². The van der Waals surface area contributed by atoms with Crippen LogP contribution >= 0.6 is 0 Å². The molecule has 0 aromatic rings. The van der Waals surface area contributed by atoms with Gasteiger partial charge in [0.05, 0.1) is 11.4 Å². The first kappa shape index (κ1) is 18.2. The maximum atomic E-state index is 7.65. The summed E-state index contributed by atoms with van der Waals surface area (Å²) < 4.78 is 0. The molecule has 0 atom stereocenters. The van der Waals surface area contributed by atoms with Gasteiger partial charge in [0.25, 0.3) is 0 Å². The van der Waals surface area contributed by atoms with Gasteiger partial charge in [0.1, 0.15) is 5.82 Å². The molecule has 5 heteroatoms. The summed E-state index contributed by atoms with van der Waals surface area (Å²) in [4.78, 5) is 10.6. The monoisotopic (exact) mass is 309 g/mol. The molecule has 0 fully saturated rings. The lowest BCUT2D eigenvalue weighted by Gasteiger charge is -2.19. The Labute approximate surface area is 137 Å². The van der Waals surface area contributed by atoms with Crippen LogP contribution in [0.3, 0.4) is 0 Å². The van der Waals surface area contributed by atoms with Crippen LogP contribution in [0.2, 0.25) is 0 Å². The molecule has 0 saturated heterocycles. The van der Waals surface area contributed by atoms with Crippen LogP contribution < -0.4 is 0 Å². The highest BCUT2D eigenvalue weighted by Crippen LogP contribution is 2.19. The molecule has 0 amide bonds. The van der Waals surface area contributed by atoms with Crippen LogP contribution in [0.4, 0.5) is 0 Å². The molecule has 0 spiro atoms. The molecule has 2 N–H and O–H groups in total. The molecule has 0 aromatic heterocycles. The molecule has 1 rings (SSSR count). The second-order valence-electron chi connectivity index (χ2n) is 4.74. The number of hydrogen-bond acceptors (Lipinski definition) is 5. The second kappa shape index (κ2) is 9.25. The van der Waals surface area contributed by atoms with E-state index in [9.17, 15) is 0 Å². The summed E-state index contributed by atoms with van der Waals surface area (Å²) in [5, 5.41) is 14.9. The van der Waals surface area contributed by atoms with Gasteiger partial charge in [-0.15, -0.1) is 0 Å². The summed E-state index contributed by atoms with van der Waals surface area (Å²) in [5.74, 6) is 0.692. The van der Waals surface area contributed by atoms with Crippen LogP contribution in [0.1, 0.15) is 13.8 Å². The Morgan fingerprint density at radius 1 is 1.22 bits per heavy atom. The highest BCUT2D eigenvalue weighted by Gasteiger charge is 2.07. The number of hydrogen-bond donors (Lipinski definition) is 2. The van der Waals surface area contributed by atoms with E-state index in [2.05, 4.69) is 37.0 Å². The molecule has 0 bridgehead atoms. The molecular formula is C18H23N5. The van der Waals surface area contributed by atoms with E-state index in [1.54, 1.807) is 36.7 Å². The summed E-state index contributed by atoms with van der Waals surface area (Å²) in [5.41, 5.74) is 2.42. The van der Waals surface area contributed by atoms with Crippen LogP contribution in [0.25, 0.3) is 0 Å². The van der Waals surface area contributed by atoms with E-state index in [4.69, 9.17) is 10.8 Å². The fourth-order valence-corrected chi connectivity index (χ4v) is 1.95. The largest absolute Gasteiger partial charge is 0.358 e. The van der Waals surface area contributed by atoms with Crippen molar-refractivity contribution >= 4 is 24.4 Å². The molecule has 0 saturated carbocycles. The fourth-order valence-electron chi connectivity index (χ4n) is 1.95. The SMILES string of the molecule is C=C1C=C(C(=C/C=N)/N=C/C=N\C(=C)N(CC)CC)C=CC1=N. The Morgan fingerprint density at radius 2 is 1.87 bits per heavy atom. The highest BCUT2D eigenvalue weighted by atomic mass is 15.2. The quantitative estimate of drug-likeness (QED) is 0.661. The first-order valence-corrected chi connectivity index (χ1v) is 7.42. The van der Waals surface area contributed by atoms with Gasteiger partial charge in [-0.2, -0.15) is 0 Å². The topological polar surface area (TPSA) is 75.7 Å². The predicted molar refractivity (Wildman–Crippen MR) is 100 cm³/mol. The van der Waals surface area contributed by atoms with E-state index in [1.807, 2.05) is 4.90 Å². The van der Waals surface area contributed by atoms with E-state index in [0.717, 1.165) is 18.7 Å². The van der Waals surface area contributed by atoms with Gasteiger partial charge in [0.15, 0.2) is 0 Å². The maximum Gasteiger partial charge on any atom is 0.121 e. The van der Waals surface area contributed by atoms with Crippen LogP contribution in [0.15, 0.2) is 70.1 Å². The van der Waals surface area contributed by atoms with E-state index in [1.165, 1.54) is 6.21 Å². The Bertz CT molecular complexity index is 640. The van der Waals surface area contributed by atoms with Crippen LogP contribution in [-0.4, -0.2) is 42.3 Å². The van der Waals surface area contributed by atoms with Gasteiger partial charge in [0.2, 0.25) is 0 Å². The minimum absolute atomic E-state index is 0.379. The van der Waals surface area contributed by atoms with Gasteiger partial charge in [-0.3, -0.25) is 4.99 Å². The molecular weight excluding hydrogens is 286 g/mol. The standard InChI is InChI=1S/C18H23N5/c1-5-23(6-2)15(4)21-11-12-22-18(9-10-19)16-7-8-17(20)14(3)13-16/h7-13,19-20H,3-6H2,1-2H3/b18-9-,19-10?,20-17?,21-11-,22-12+. The maximum absolute atomic E-state index is 7.65. The summed E-state index contributed by atoms with van der Waals surface area (Å²) >= 11 is 0. The van der Waals surface area contributed by atoms with Gasteiger partial charge < -0.3 is 15.7 Å². The number of nitrogens with one attached hydrogen (secondary N) is 2. The van der Waals surface area contributed by atoms with Crippen molar-refractivity contribution in [1.82, 2.24) is 4.90 Å². The Kier molecular flexibility index (Phi) is 7.33. The van der Waals surface area contributed by atoms with Gasteiger partial charge in [-0.1, -0.05) is 19.2 Å². The zero-order valence-electron chi connectivity index (χ0n) is 13.7. The molecule has 1 aliphatic carbocycles. The van der Waals surface area contributed by atoms with Crippen molar-refractivity contribution in [2.45, 2.75) is 13.8 Å². The lowest BCUT2D eigenvalue weighted by molar-refractivity contribution is 0.381. The molecule has 5 nitrogen and oxygen atoms in total. The molecule has 0 aromatic carbocycles. The van der Waals surface area contributed by atoms with Gasteiger partial charge in [-0.05, 0) is 37.6 Å². The van der Waals surface area contributed by atoms with Crippen molar-refractivity contribution in [1.29, 1.82) is 10.8 Å². The number of rotatable bonds is 8. The number of nitrogens with zero attached hydrogens (tertiary/aromatic N) is 3. The fraction of sp³-hybridized carbons (Fsp3) is 0.222.